The van der Waals surface area contributed by atoms with Crippen molar-refractivity contribution in [2.45, 2.75) is 19.8 Å². The molecule has 0 fully saturated rings. The van der Waals surface area contributed by atoms with Crippen LogP contribution >= 0.6 is 0 Å². The summed E-state index contributed by atoms with van der Waals surface area (Å²) in [6.45, 7) is 2.97. The number of rotatable bonds is 8. The number of anilines is 1. The Hall–Kier alpha value is -2.34. The van der Waals surface area contributed by atoms with Crippen molar-refractivity contribution in [2.75, 3.05) is 18.4 Å². The average molecular weight is 290 g/mol. The van der Waals surface area contributed by atoms with Crippen molar-refractivity contribution in [3.8, 4) is 0 Å². The number of carbonyl (C=O) groups is 2. The quantitative estimate of drug-likeness (QED) is 0.421. The molecule has 1 amide bonds. The lowest BCUT2D eigenvalue weighted by Crippen LogP contribution is -2.22. The highest BCUT2D eigenvalue weighted by Gasteiger charge is 2.06. The Morgan fingerprint density at radius 3 is 2.48 bits per heavy atom. The van der Waals surface area contributed by atoms with E-state index in [1.807, 2.05) is 6.92 Å². The molecule has 0 bridgehead atoms. The van der Waals surface area contributed by atoms with E-state index in [4.69, 9.17) is 11.5 Å². The fourth-order valence-electron chi connectivity index (χ4n) is 1.77. The summed E-state index contributed by atoms with van der Waals surface area (Å²) in [5, 5.41) is 5.83. The summed E-state index contributed by atoms with van der Waals surface area (Å²) in [5.74, 6) is -0.115. The molecular formula is C15H22N4O2. The molecule has 6 N–H and O–H groups in total. The Balaban J connectivity index is 2.81. The monoisotopic (exact) mass is 290 g/mol. The topological polar surface area (TPSA) is 110 Å². The van der Waals surface area contributed by atoms with E-state index in [2.05, 4.69) is 10.6 Å². The molecule has 6 nitrogen and oxygen atoms in total. The first-order chi connectivity index (χ1) is 10.1. The van der Waals surface area contributed by atoms with Gasteiger partial charge < -0.3 is 22.1 Å². The minimum atomic E-state index is -0.115. The van der Waals surface area contributed by atoms with Gasteiger partial charge in [-0.15, -0.1) is 0 Å². The Morgan fingerprint density at radius 1 is 1.29 bits per heavy atom. The SMILES string of the molecule is CCNC(=O)c1ccc(N/C(CCCN)=C(\N)C=O)cc1. The molecule has 0 aliphatic heterocycles. The van der Waals surface area contributed by atoms with Crippen molar-refractivity contribution < 1.29 is 9.59 Å². The number of carbonyl (C=O) groups excluding carboxylic acids is 2. The van der Waals surface area contributed by atoms with Crippen LogP contribution in [0.4, 0.5) is 5.69 Å². The largest absolute Gasteiger partial charge is 0.395 e. The summed E-state index contributed by atoms with van der Waals surface area (Å²) in [7, 11) is 0. The maximum atomic E-state index is 11.7. The van der Waals surface area contributed by atoms with Crippen LogP contribution in [0.5, 0.6) is 0 Å². The summed E-state index contributed by atoms with van der Waals surface area (Å²) >= 11 is 0. The second kappa shape index (κ2) is 8.76. The van der Waals surface area contributed by atoms with Gasteiger partial charge in [0.15, 0.2) is 6.29 Å². The molecule has 0 aliphatic rings. The minimum Gasteiger partial charge on any atom is -0.395 e. The molecular weight excluding hydrogens is 268 g/mol. The van der Waals surface area contributed by atoms with Gasteiger partial charge in [-0.1, -0.05) is 0 Å². The molecule has 0 aromatic heterocycles. The molecule has 21 heavy (non-hydrogen) atoms. The highest BCUT2D eigenvalue weighted by atomic mass is 16.1. The normalized spacial score (nSPS) is 11.5. The lowest BCUT2D eigenvalue weighted by Gasteiger charge is -2.12. The van der Waals surface area contributed by atoms with Gasteiger partial charge in [0.25, 0.3) is 5.91 Å². The van der Waals surface area contributed by atoms with Gasteiger partial charge >= 0.3 is 0 Å². The van der Waals surface area contributed by atoms with Crippen LogP contribution in [0.3, 0.4) is 0 Å². The summed E-state index contributed by atoms with van der Waals surface area (Å²) < 4.78 is 0. The first-order valence-electron chi connectivity index (χ1n) is 6.91. The molecule has 0 saturated carbocycles. The fraction of sp³-hybridized carbons (Fsp3) is 0.333. The van der Waals surface area contributed by atoms with Gasteiger partial charge in [-0.05, 0) is 50.6 Å². The predicted molar refractivity (Wildman–Crippen MR) is 83.6 cm³/mol. The van der Waals surface area contributed by atoms with Crippen LogP contribution in [0.1, 0.15) is 30.1 Å². The second-order valence-electron chi connectivity index (χ2n) is 4.51. The van der Waals surface area contributed by atoms with Gasteiger partial charge in [0, 0.05) is 23.5 Å². The van der Waals surface area contributed by atoms with Gasteiger partial charge in [-0.2, -0.15) is 0 Å². The van der Waals surface area contributed by atoms with Crippen LogP contribution in [-0.4, -0.2) is 25.3 Å². The zero-order valence-corrected chi connectivity index (χ0v) is 12.2. The Morgan fingerprint density at radius 2 is 1.95 bits per heavy atom. The number of nitrogens with one attached hydrogen (secondary N) is 2. The van der Waals surface area contributed by atoms with E-state index in [9.17, 15) is 9.59 Å². The van der Waals surface area contributed by atoms with Crippen LogP contribution in [0.25, 0.3) is 0 Å². The predicted octanol–water partition coefficient (Wildman–Crippen LogP) is 0.956. The molecule has 0 saturated heterocycles. The van der Waals surface area contributed by atoms with Gasteiger partial charge in [-0.3, -0.25) is 9.59 Å². The standard InChI is InChI=1S/C15H22N4O2/c1-2-18-15(21)11-5-7-12(8-6-11)19-14(4-3-9-16)13(17)10-20/h5-8,10,19H,2-4,9,16-17H2,1H3,(H,18,21)/b14-13-. The van der Waals surface area contributed by atoms with E-state index >= 15 is 0 Å². The number of hydrogen-bond donors (Lipinski definition) is 4. The number of benzene rings is 1. The van der Waals surface area contributed by atoms with Gasteiger partial charge in [0.2, 0.25) is 0 Å². The fourth-order valence-corrected chi connectivity index (χ4v) is 1.77. The molecule has 1 rings (SSSR count). The maximum absolute atomic E-state index is 11.7. The highest BCUT2D eigenvalue weighted by molar-refractivity contribution is 5.94. The van der Waals surface area contributed by atoms with E-state index in [0.717, 1.165) is 12.1 Å². The zero-order chi connectivity index (χ0) is 15.7. The van der Waals surface area contributed by atoms with Crippen LogP contribution < -0.4 is 22.1 Å². The molecule has 0 spiro atoms. The van der Waals surface area contributed by atoms with Crippen LogP contribution in [0, 0.1) is 0 Å². The van der Waals surface area contributed by atoms with E-state index < -0.39 is 0 Å². The summed E-state index contributed by atoms with van der Waals surface area (Å²) in [4.78, 5) is 22.5. The van der Waals surface area contributed by atoms with Gasteiger partial charge in [0.05, 0.1) is 5.70 Å². The number of allylic oxidation sites excluding steroid dienone is 2. The second-order valence-corrected chi connectivity index (χ2v) is 4.51. The third-order valence-electron chi connectivity index (χ3n) is 2.89. The maximum Gasteiger partial charge on any atom is 0.251 e. The average Bonchev–Trinajstić information content (AvgIpc) is 2.51. The number of amides is 1. The van der Waals surface area contributed by atoms with E-state index in [0.29, 0.717) is 37.1 Å². The highest BCUT2D eigenvalue weighted by Crippen LogP contribution is 2.15. The van der Waals surface area contributed by atoms with Crippen LogP contribution in [0.2, 0.25) is 0 Å². The third kappa shape index (κ3) is 5.27. The van der Waals surface area contributed by atoms with Crippen molar-refractivity contribution in [1.82, 2.24) is 5.32 Å². The van der Waals surface area contributed by atoms with Crippen molar-refractivity contribution >= 4 is 17.9 Å². The summed E-state index contributed by atoms with van der Waals surface area (Å²) in [6, 6.07) is 6.96. The molecule has 1 aromatic carbocycles. The molecule has 0 atom stereocenters. The smallest absolute Gasteiger partial charge is 0.251 e. The molecule has 114 valence electrons. The third-order valence-corrected chi connectivity index (χ3v) is 2.89. The molecule has 0 aliphatic carbocycles. The van der Waals surface area contributed by atoms with Gasteiger partial charge in [0.1, 0.15) is 0 Å². The zero-order valence-electron chi connectivity index (χ0n) is 12.2. The number of nitrogens with two attached hydrogens (primary N) is 2. The molecule has 0 unspecified atom stereocenters. The first kappa shape index (κ1) is 16.7. The summed E-state index contributed by atoms with van der Waals surface area (Å²) in [6.07, 6.45) is 1.94. The lowest BCUT2D eigenvalue weighted by atomic mass is 10.1. The van der Waals surface area contributed by atoms with E-state index in [1.165, 1.54) is 0 Å². The Bertz CT molecular complexity index is 509. The summed E-state index contributed by atoms with van der Waals surface area (Å²) in [5.41, 5.74) is 13.3. The van der Waals surface area contributed by atoms with Crippen LogP contribution in [0.15, 0.2) is 35.7 Å². The molecule has 0 heterocycles. The van der Waals surface area contributed by atoms with Crippen molar-refractivity contribution in [1.29, 1.82) is 0 Å². The van der Waals surface area contributed by atoms with Crippen molar-refractivity contribution in [3.05, 3.63) is 41.2 Å². The van der Waals surface area contributed by atoms with E-state index in [1.54, 1.807) is 24.3 Å². The minimum absolute atomic E-state index is 0.115. The van der Waals surface area contributed by atoms with Crippen molar-refractivity contribution in [3.63, 3.8) is 0 Å². The number of hydrogen-bond acceptors (Lipinski definition) is 5. The Kier molecular flexibility index (Phi) is 6.97. The Labute approximate surface area is 124 Å². The van der Waals surface area contributed by atoms with Crippen LogP contribution in [-0.2, 0) is 4.79 Å². The lowest BCUT2D eigenvalue weighted by molar-refractivity contribution is -0.105. The molecule has 6 heteroatoms. The van der Waals surface area contributed by atoms with E-state index in [-0.39, 0.29) is 11.6 Å². The van der Waals surface area contributed by atoms with Gasteiger partial charge in [-0.25, -0.2) is 0 Å². The first-order valence-corrected chi connectivity index (χ1v) is 6.91. The van der Waals surface area contributed by atoms with Crippen molar-refractivity contribution in [2.24, 2.45) is 11.5 Å². The number of aldehydes is 1. The molecule has 1 aromatic rings. The molecule has 0 radical (unpaired) electrons.